The van der Waals surface area contributed by atoms with Crippen LogP contribution in [0.5, 0.6) is 0 Å². The first-order valence-corrected chi connectivity index (χ1v) is 8.53. The molecule has 1 aromatic rings. The molecule has 18 heavy (non-hydrogen) atoms. The molecule has 0 spiro atoms. The second-order valence-electron chi connectivity index (χ2n) is 5.00. The van der Waals surface area contributed by atoms with E-state index >= 15 is 0 Å². The lowest BCUT2D eigenvalue weighted by Gasteiger charge is -2.34. The van der Waals surface area contributed by atoms with Gasteiger partial charge in [-0.1, -0.05) is 31.7 Å². The first kappa shape index (κ1) is 13.9. The van der Waals surface area contributed by atoms with Gasteiger partial charge in [0.25, 0.3) is 0 Å². The van der Waals surface area contributed by atoms with Gasteiger partial charge in [-0.3, -0.25) is 4.99 Å². The molecule has 1 unspecified atom stereocenters. The first-order valence-electron chi connectivity index (χ1n) is 6.66. The highest BCUT2D eigenvalue weighted by atomic mass is 32.2. The van der Waals surface area contributed by atoms with Gasteiger partial charge in [0.05, 0.1) is 6.04 Å². The molecule has 100 valence electrons. The fourth-order valence-electron chi connectivity index (χ4n) is 2.11. The van der Waals surface area contributed by atoms with Crippen LogP contribution in [0.25, 0.3) is 0 Å². The Morgan fingerprint density at radius 3 is 2.72 bits per heavy atom. The van der Waals surface area contributed by atoms with E-state index < -0.39 is 0 Å². The number of rotatable bonds is 4. The van der Waals surface area contributed by atoms with E-state index in [1.54, 1.807) is 11.3 Å². The fraction of sp³-hybridized carbons (Fsp3) is 0.643. The Bertz CT molecular complexity index is 394. The monoisotopic (exact) mass is 282 g/mol. The van der Waals surface area contributed by atoms with Crippen LogP contribution in [0.3, 0.4) is 0 Å². The molecule has 0 saturated carbocycles. The molecule has 0 aromatic carbocycles. The van der Waals surface area contributed by atoms with Crippen LogP contribution in [0.15, 0.2) is 22.5 Å². The largest absolute Gasteiger partial charge is 0.358 e. The zero-order chi connectivity index (χ0) is 13.0. The Morgan fingerprint density at radius 1 is 1.44 bits per heavy atom. The lowest BCUT2D eigenvalue weighted by Crippen LogP contribution is -2.35. The van der Waals surface area contributed by atoms with Crippen molar-refractivity contribution in [3.8, 4) is 0 Å². The van der Waals surface area contributed by atoms with Crippen molar-refractivity contribution in [1.82, 2.24) is 5.32 Å². The molecule has 1 aliphatic rings. The van der Waals surface area contributed by atoms with E-state index in [1.807, 2.05) is 11.8 Å². The highest BCUT2D eigenvalue weighted by Crippen LogP contribution is 2.35. The quantitative estimate of drug-likeness (QED) is 0.890. The molecule has 1 N–H and O–H groups in total. The minimum atomic E-state index is 0.368. The van der Waals surface area contributed by atoms with E-state index in [9.17, 15) is 0 Å². The van der Waals surface area contributed by atoms with E-state index in [1.165, 1.54) is 23.5 Å². The number of hydrogen-bond donors (Lipinski definition) is 1. The fourth-order valence-corrected chi connectivity index (χ4v) is 4.20. The molecule has 4 heteroatoms. The summed E-state index contributed by atoms with van der Waals surface area (Å²) in [5.41, 5.74) is 0.433. The van der Waals surface area contributed by atoms with Gasteiger partial charge >= 0.3 is 0 Å². The Hall–Kier alpha value is -0.480. The predicted octanol–water partition coefficient (Wildman–Crippen LogP) is 4.31. The summed E-state index contributed by atoms with van der Waals surface area (Å²) in [7, 11) is 0. The van der Waals surface area contributed by atoms with Gasteiger partial charge in [-0.25, -0.2) is 0 Å². The van der Waals surface area contributed by atoms with E-state index in [2.05, 4.69) is 43.6 Å². The van der Waals surface area contributed by atoms with Crippen LogP contribution in [0.4, 0.5) is 0 Å². The lowest BCUT2D eigenvalue weighted by molar-refractivity contribution is 0.318. The minimum Gasteiger partial charge on any atom is -0.358 e. The second-order valence-corrected chi connectivity index (χ2v) is 6.94. The Balaban J connectivity index is 1.94. The number of amidine groups is 1. The normalized spacial score (nSPS) is 20.3. The maximum absolute atomic E-state index is 4.75. The van der Waals surface area contributed by atoms with Gasteiger partial charge in [-0.15, -0.1) is 11.3 Å². The van der Waals surface area contributed by atoms with Crippen molar-refractivity contribution in [2.24, 2.45) is 10.4 Å². The van der Waals surface area contributed by atoms with Crippen molar-refractivity contribution in [1.29, 1.82) is 0 Å². The first-order chi connectivity index (χ1) is 8.69. The minimum absolute atomic E-state index is 0.368. The number of nitrogens with zero attached hydrogens (tertiary/aromatic N) is 1. The van der Waals surface area contributed by atoms with Gasteiger partial charge in [0.2, 0.25) is 0 Å². The molecule has 1 aliphatic heterocycles. The highest BCUT2D eigenvalue weighted by Gasteiger charge is 2.30. The molecule has 2 heterocycles. The molecule has 0 fully saturated rings. The van der Waals surface area contributed by atoms with Crippen molar-refractivity contribution in [3.63, 3.8) is 0 Å². The van der Waals surface area contributed by atoms with Crippen molar-refractivity contribution in [3.05, 3.63) is 22.4 Å². The summed E-state index contributed by atoms with van der Waals surface area (Å²) >= 11 is 3.69. The molecule has 0 saturated heterocycles. The summed E-state index contributed by atoms with van der Waals surface area (Å²) in [6.07, 6.45) is 2.46. The molecular weight excluding hydrogens is 260 g/mol. The standard InChI is InChI=1S/C14H22N2S2/c1-4-14(5-2)9-15-13(18-10-14)16-11(3)12-7-6-8-17-12/h6-8,11H,4-5,9-10H2,1-3H3,(H,15,16). The van der Waals surface area contributed by atoms with Crippen LogP contribution in [-0.2, 0) is 0 Å². The van der Waals surface area contributed by atoms with Crippen molar-refractivity contribution < 1.29 is 0 Å². The Morgan fingerprint density at radius 2 is 2.22 bits per heavy atom. The number of aliphatic imine (C=N–C) groups is 1. The lowest BCUT2D eigenvalue weighted by atomic mass is 9.84. The third kappa shape index (κ3) is 3.09. The van der Waals surface area contributed by atoms with E-state index in [4.69, 9.17) is 4.99 Å². The summed E-state index contributed by atoms with van der Waals surface area (Å²) in [4.78, 5) is 6.12. The average Bonchev–Trinajstić information content (AvgIpc) is 2.94. The highest BCUT2D eigenvalue weighted by molar-refractivity contribution is 8.13. The molecule has 0 amide bonds. The zero-order valence-corrected chi connectivity index (χ0v) is 13.0. The van der Waals surface area contributed by atoms with Crippen LogP contribution < -0.4 is 5.32 Å². The van der Waals surface area contributed by atoms with Gasteiger partial charge < -0.3 is 5.32 Å². The SMILES string of the molecule is CCC1(CC)CN=C(NC(C)c2cccs2)SC1. The van der Waals surface area contributed by atoms with Crippen LogP contribution in [-0.4, -0.2) is 17.5 Å². The number of hydrogen-bond acceptors (Lipinski definition) is 4. The summed E-state index contributed by atoms with van der Waals surface area (Å²) < 4.78 is 0. The molecule has 1 atom stereocenters. The number of thioether (sulfide) groups is 1. The van der Waals surface area contributed by atoms with Crippen molar-refractivity contribution >= 4 is 28.3 Å². The third-order valence-electron chi connectivity index (χ3n) is 3.88. The zero-order valence-electron chi connectivity index (χ0n) is 11.4. The maximum atomic E-state index is 4.75. The van der Waals surface area contributed by atoms with Crippen LogP contribution in [0, 0.1) is 5.41 Å². The molecule has 0 radical (unpaired) electrons. The topological polar surface area (TPSA) is 24.4 Å². The molecule has 2 rings (SSSR count). The van der Waals surface area contributed by atoms with E-state index in [0.717, 1.165) is 11.7 Å². The van der Waals surface area contributed by atoms with Crippen LogP contribution in [0.2, 0.25) is 0 Å². The van der Waals surface area contributed by atoms with E-state index in [0.29, 0.717) is 11.5 Å². The summed E-state index contributed by atoms with van der Waals surface area (Å²) in [6.45, 7) is 7.75. The van der Waals surface area contributed by atoms with Gasteiger partial charge in [0, 0.05) is 17.2 Å². The molecular formula is C14H22N2S2. The van der Waals surface area contributed by atoms with Crippen LogP contribution in [0.1, 0.15) is 44.5 Å². The maximum Gasteiger partial charge on any atom is 0.157 e. The van der Waals surface area contributed by atoms with Crippen molar-refractivity contribution in [2.75, 3.05) is 12.3 Å². The van der Waals surface area contributed by atoms with Gasteiger partial charge in [-0.2, -0.15) is 0 Å². The predicted molar refractivity (Wildman–Crippen MR) is 83.6 cm³/mol. The smallest absolute Gasteiger partial charge is 0.157 e. The van der Waals surface area contributed by atoms with E-state index in [-0.39, 0.29) is 0 Å². The van der Waals surface area contributed by atoms with Gasteiger partial charge in [0.15, 0.2) is 5.17 Å². The Kier molecular flexibility index (Phi) is 4.73. The second kappa shape index (κ2) is 6.11. The van der Waals surface area contributed by atoms with Gasteiger partial charge in [0.1, 0.15) is 0 Å². The molecule has 0 bridgehead atoms. The number of nitrogens with one attached hydrogen (secondary N) is 1. The number of thiophene rings is 1. The Labute approximate surface area is 118 Å². The van der Waals surface area contributed by atoms with Gasteiger partial charge in [-0.05, 0) is 36.6 Å². The summed E-state index contributed by atoms with van der Waals surface area (Å²) in [5.74, 6) is 1.20. The van der Waals surface area contributed by atoms with Crippen LogP contribution >= 0.6 is 23.1 Å². The summed E-state index contributed by atoms with van der Waals surface area (Å²) in [6, 6.07) is 4.65. The third-order valence-corrected chi connectivity index (χ3v) is 6.22. The molecule has 1 aromatic heterocycles. The summed E-state index contributed by atoms with van der Waals surface area (Å²) in [5, 5.41) is 6.78. The molecule has 2 nitrogen and oxygen atoms in total. The van der Waals surface area contributed by atoms with Crippen molar-refractivity contribution in [2.45, 2.75) is 39.7 Å². The average molecular weight is 282 g/mol. The molecule has 0 aliphatic carbocycles.